The first-order valence-electron chi connectivity index (χ1n) is 4.81. The molecule has 0 radical (unpaired) electrons. The van der Waals surface area contributed by atoms with Crippen LogP contribution in [0.5, 0.6) is 0 Å². The van der Waals surface area contributed by atoms with Gasteiger partial charge in [0.05, 0.1) is 8.42 Å². The molecule has 0 saturated heterocycles. The summed E-state index contributed by atoms with van der Waals surface area (Å²) in [4.78, 5) is 12.1. The van der Waals surface area contributed by atoms with Crippen LogP contribution in [0.25, 0.3) is 0 Å². The van der Waals surface area contributed by atoms with Crippen molar-refractivity contribution in [1.82, 2.24) is 0 Å². The third-order valence-electron chi connectivity index (χ3n) is 2.25. The Morgan fingerprint density at radius 3 is 2.53 bits per heavy atom. The van der Waals surface area contributed by atoms with Gasteiger partial charge >= 0.3 is 0 Å². The van der Waals surface area contributed by atoms with Crippen molar-refractivity contribution in [3.05, 3.63) is 39.0 Å². The minimum atomic E-state index is -0.0889. The third kappa shape index (κ3) is 2.37. The molecule has 0 fully saturated rings. The molecular formula is C11H6OS5. The summed E-state index contributed by atoms with van der Waals surface area (Å²) in [6, 6.07) is 9.92. The van der Waals surface area contributed by atoms with E-state index < -0.39 is 0 Å². The SMILES string of the molecule is O=C1Sc2sc(=S)sc2S[C@H]1c1ccccc1. The van der Waals surface area contributed by atoms with Gasteiger partial charge in [-0.3, -0.25) is 4.79 Å². The van der Waals surface area contributed by atoms with Crippen LogP contribution in [0.1, 0.15) is 10.8 Å². The monoisotopic (exact) mass is 314 g/mol. The van der Waals surface area contributed by atoms with E-state index in [1.54, 1.807) is 34.4 Å². The maximum absolute atomic E-state index is 12.1. The summed E-state index contributed by atoms with van der Waals surface area (Å²) >= 11 is 11.3. The van der Waals surface area contributed by atoms with Crippen molar-refractivity contribution >= 4 is 63.5 Å². The second-order valence-corrected chi connectivity index (χ2v) is 9.23. The van der Waals surface area contributed by atoms with Crippen LogP contribution in [-0.4, -0.2) is 5.12 Å². The second-order valence-electron chi connectivity index (χ2n) is 3.36. The van der Waals surface area contributed by atoms with Gasteiger partial charge in [0.25, 0.3) is 0 Å². The average Bonchev–Trinajstić information content (AvgIpc) is 2.68. The van der Waals surface area contributed by atoms with Crippen LogP contribution in [0.4, 0.5) is 0 Å². The Kier molecular flexibility index (Phi) is 3.40. The number of hydrogen-bond donors (Lipinski definition) is 0. The van der Waals surface area contributed by atoms with Gasteiger partial charge < -0.3 is 0 Å². The molecule has 0 amide bonds. The lowest BCUT2D eigenvalue weighted by molar-refractivity contribution is -0.110. The van der Waals surface area contributed by atoms with E-state index in [0.29, 0.717) is 0 Å². The highest BCUT2D eigenvalue weighted by Gasteiger charge is 2.31. The number of thioether (sulfide) groups is 2. The standard InChI is InChI=1S/C11H6OS5/c12-8-7(6-4-2-1-3-5-6)14-9-10(15-8)17-11(13)16-9/h1-5,7H/t7-/m0/s1. The summed E-state index contributed by atoms with van der Waals surface area (Å²) in [6.45, 7) is 0. The summed E-state index contributed by atoms with van der Waals surface area (Å²) in [6.07, 6.45) is 0. The van der Waals surface area contributed by atoms with Crippen molar-refractivity contribution in [3.8, 4) is 0 Å². The van der Waals surface area contributed by atoms with Crippen molar-refractivity contribution in [2.75, 3.05) is 0 Å². The Morgan fingerprint density at radius 1 is 1.06 bits per heavy atom. The number of fused-ring (bicyclic) bond motifs is 1. The molecule has 1 aliphatic rings. The highest BCUT2D eigenvalue weighted by Crippen LogP contribution is 2.53. The average molecular weight is 315 g/mol. The van der Waals surface area contributed by atoms with E-state index in [0.717, 1.165) is 12.9 Å². The normalized spacial score (nSPS) is 19.1. The van der Waals surface area contributed by atoms with Gasteiger partial charge in [-0.25, -0.2) is 0 Å². The van der Waals surface area contributed by atoms with Crippen LogP contribution in [0.2, 0.25) is 0 Å². The molecular weight excluding hydrogens is 308 g/mol. The zero-order valence-corrected chi connectivity index (χ0v) is 12.5. The maximum Gasteiger partial charge on any atom is 0.212 e. The zero-order chi connectivity index (χ0) is 11.8. The Morgan fingerprint density at radius 2 is 1.76 bits per heavy atom. The molecule has 0 saturated carbocycles. The Balaban J connectivity index is 2.00. The second kappa shape index (κ2) is 4.85. The lowest BCUT2D eigenvalue weighted by Crippen LogP contribution is -2.07. The summed E-state index contributed by atoms with van der Waals surface area (Å²) < 4.78 is 3.16. The quantitative estimate of drug-likeness (QED) is 0.688. The Hall–Kier alpha value is -0.140. The lowest BCUT2D eigenvalue weighted by Gasteiger charge is -2.18. The summed E-state index contributed by atoms with van der Waals surface area (Å²) in [5.74, 6) is 0. The minimum Gasteiger partial charge on any atom is -0.285 e. The van der Waals surface area contributed by atoms with Gasteiger partial charge in [0.1, 0.15) is 8.39 Å². The lowest BCUT2D eigenvalue weighted by atomic mass is 10.2. The predicted octanol–water partition coefficient (Wildman–Crippen LogP) is 5.00. The van der Waals surface area contributed by atoms with E-state index in [2.05, 4.69) is 0 Å². The van der Waals surface area contributed by atoms with Crippen LogP contribution in [0.3, 0.4) is 0 Å². The number of hydrogen-bond acceptors (Lipinski definition) is 6. The molecule has 17 heavy (non-hydrogen) atoms. The highest BCUT2D eigenvalue weighted by molar-refractivity contribution is 8.19. The first-order chi connectivity index (χ1) is 8.24. The molecule has 0 unspecified atom stereocenters. The van der Waals surface area contributed by atoms with E-state index in [-0.39, 0.29) is 10.4 Å². The molecule has 1 atom stereocenters. The van der Waals surface area contributed by atoms with E-state index in [1.807, 2.05) is 30.3 Å². The van der Waals surface area contributed by atoms with Crippen molar-refractivity contribution in [3.63, 3.8) is 0 Å². The highest BCUT2D eigenvalue weighted by atomic mass is 32.2. The maximum atomic E-state index is 12.1. The summed E-state index contributed by atoms with van der Waals surface area (Å²) in [5, 5.41) is 0.117. The Labute approximate surface area is 120 Å². The van der Waals surface area contributed by atoms with Gasteiger partial charge in [0, 0.05) is 0 Å². The molecule has 0 bridgehead atoms. The summed E-state index contributed by atoms with van der Waals surface area (Å²) in [7, 11) is 0. The first-order valence-corrected chi connectivity index (χ1v) is 8.55. The Bertz CT molecular complexity index is 612. The van der Waals surface area contributed by atoms with Crippen LogP contribution in [0.15, 0.2) is 38.8 Å². The minimum absolute atomic E-state index is 0.0889. The van der Waals surface area contributed by atoms with Gasteiger partial charge in [-0.2, -0.15) is 0 Å². The number of rotatable bonds is 1. The van der Waals surface area contributed by atoms with Gasteiger partial charge in [-0.15, -0.1) is 22.7 Å². The molecule has 1 nitrogen and oxygen atoms in total. The van der Waals surface area contributed by atoms with E-state index in [1.165, 1.54) is 16.0 Å². The van der Waals surface area contributed by atoms with Crippen LogP contribution >= 0.6 is 58.4 Å². The molecule has 86 valence electrons. The van der Waals surface area contributed by atoms with E-state index >= 15 is 0 Å². The molecule has 1 aromatic carbocycles. The fourth-order valence-corrected chi connectivity index (χ4v) is 7.72. The van der Waals surface area contributed by atoms with Crippen molar-refractivity contribution in [2.45, 2.75) is 13.7 Å². The predicted molar refractivity (Wildman–Crippen MR) is 78.9 cm³/mol. The van der Waals surface area contributed by atoms with Crippen molar-refractivity contribution in [2.24, 2.45) is 0 Å². The molecule has 2 heterocycles. The fourth-order valence-electron chi connectivity index (χ4n) is 1.52. The van der Waals surface area contributed by atoms with Gasteiger partial charge in [-0.1, -0.05) is 54.3 Å². The molecule has 1 aliphatic heterocycles. The van der Waals surface area contributed by atoms with Crippen LogP contribution < -0.4 is 0 Å². The zero-order valence-electron chi connectivity index (χ0n) is 8.41. The number of carbonyl (C=O) groups excluding carboxylic acids is 1. The molecule has 0 aliphatic carbocycles. The third-order valence-corrected chi connectivity index (χ3v) is 8.04. The first kappa shape index (κ1) is 11.9. The molecule has 1 aromatic heterocycles. The molecule has 0 spiro atoms. The van der Waals surface area contributed by atoms with Crippen LogP contribution in [0, 0.1) is 3.14 Å². The van der Waals surface area contributed by atoms with Crippen molar-refractivity contribution < 1.29 is 4.79 Å². The molecule has 2 aromatic rings. The smallest absolute Gasteiger partial charge is 0.212 e. The van der Waals surface area contributed by atoms with E-state index in [9.17, 15) is 4.79 Å². The van der Waals surface area contributed by atoms with Gasteiger partial charge in [0.2, 0.25) is 5.12 Å². The van der Waals surface area contributed by atoms with Gasteiger partial charge in [-0.05, 0) is 17.3 Å². The van der Waals surface area contributed by atoms with Gasteiger partial charge in [0.15, 0.2) is 0 Å². The molecule has 0 N–H and O–H groups in total. The molecule has 6 heteroatoms. The van der Waals surface area contributed by atoms with E-state index in [4.69, 9.17) is 12.2 Å². The largest absolute Gasteiger partial charge is 0.285 e. The topological polar surface area (TPSA) is 17.1 Å². The fraction of sp³-hybridized carbons (Fsp3) is 0.0909. The summed E-state index contributed by atoms with van der Waals surface area (Å²) in [5.41, 5.74) is 1.07. The number of carbonyl (C=O) groups is 1. The van der Waals surface area contributed by atoms with Crippen molar-refractivity contribution in [1.29, 1.82) is 0 Å². The molecule has 3 rings (SSSR count). The van der Waals surface area contributed by atoms with Crippen LogP contribution in [-0.2, 0) is 4.79 Å². The number of benzene rings is 1.